The van der Waals surface area contributed by atoms with Crippen molar-refractivity contribution in [2.24, 2.45) is 0 Å². The molecule has 1 aromatic rings. The largest absolute Gasteiger partial charge is 0.345 e. The van der Waals surface area contributed by atoms with Crippen LogP contribution < -0.4 is 10.2 Å². The number of carbonyl (C=O) groups is 1. The molecule has 7 heteroatoms. The molecule has 1 amide bonds. The Hall–Kier alpha value is -0.920. The Morgan fingerprint density at radius 1 is 1.36 bits per heavy atom. The van der Waals surface area contributed by atoms with E-state index in [1.54, 1.807) is 6.92 Å². The minimum atomic E-state index is -3.01. The van der Waals surface area contributed by atoms with Crippen LogP contribution >= 0.6 is 15.9 Å². The third-order valence-electron chi connectivity index (χ3n) is 3.83. The van der Waals surface area contributed by atoms with Crippen molar-refractivity contribution in [2.75, 3.05) is 25.1 Å². The number of carbonyl (C=O) groups excluding carboxylic acids is 1. The van der Waals surface area contributed by atoms with Gasteiger partial charge in [0.15, 0.2) is 16.4 Å². The SMILES string of the molecule is C[NH+](CC(=O)N[C@]1(C)CCS(=O)(=O)C1)Cc1ccc(Br)cc1. The molecule has 2 atom stereocenters. The minimum Gasteiger partial charge on any atom is -0.345 e. The molecule has 0 saturated carbocycles. The Labute approximate surface area is 140 Å². The molecule has 122 valence electrons. The molecule has 0 radical (unpaired) electrons. The molecule has 0 spiro atoms. The van der Waals surface area contributed by atoms with Crippen LogP contribution in [0.15, 0.2) is 28.7 Å². The summed E-state index contributed by atoms with van der Waals surface area (Å²) in [5.74, 6) is 0.0947. The molecule has 0 bridgehead atoms. The smallest absolute Gasteiger partial charge is 0.275 e. The predicted molar refractivity (Wildman–Crippen MR) is 89.4 cm³/mol. The zero-order valence-corrected chi connectivity index (χ0v) is 15.3. The number of sulfone groups is 1. The lowest BCUT2D eigenvalue weighted by Gasteiger charge is -2.24. The maximum atomic E-state index is 12.1. The third-order valence-corrected chi connectivity index (χ3v) is 6.26. The Morgan fingerprint density at radius 2 is 2.00 bits per heavy atom. The van der Waals surface area contributed by atoms with Crippen LogP contribution in [0.1, 0.15) is 18.9 Å². The van der Waals surface area contributed by atoms with E-state index in [9.17, 15) is 13.2 Å². The summed E-state index contributed by atoms with van der Waals surface area (Å²) < 4.78 is 24.1. The molecule has 1 aromatic carbocycles. The summed E-state index contributed by atoms with van der Waals surface area (Å²) in [6.07, 6.45) is 0.493. The molecule has 1 saturated heterocycles. The Kier molecular flexibility index (Phi) is 5.29. The number of amides is 1. The van der Waals surface area contributed by atoms with Gasteiger partial charge in [0, 0.05) is 10.0 Å². The molecule has 1 heterocycles. The van der Waals surface area contributed by atoms with Gasteiger partial charge in [0.25, 0.3) is 5.91 Å². The van der Waals surface area contributed by atoms with Gasteiger partial charge in [0.1, 0.15) is 6.54 Å². The third kappa shape index (κ3) is 5.07. The molecule has 1 unspecified atom stereocenters. The molecule has 2 N–H and O–H groups in total. The molecule has 0 aromatic heterocycles. The number of rotatable bonds is 5. The first-order valence-electron chi connectivity index (χ1n) is 7.25. The fourth-order valence-electron chi connectivity index (χ4n) is 2.78. The highest BCUT2D eigenvalue weighted by Gasteiger charge is 2.39. The molecule has 1 aliphatic rings. The second-order valence-corrected chi connectivity index (χ2v) is 9.49. The van der Waals surface area contributed by atoms with Gasteiger partial charge in [-0.05, 0) is 25.5 Å². The molecule has 2 rings (SSSR count). The van der Waals surface area contributed by atoms with Gasteiger partial charge in [-0.15, -0.1) is 0 Å². The molecule has 0 aliphatic carbocycles. The van der Waals surface area contributed by atoms with Crippen molar-refractivity contribution in [1.29, 1.82) is 0 Å². The summed E-state index contributed by atoms with van der Waals surface area (Å²) in [6.45, 7) is 2.88. The highest BCUT2D eigenvalue weighted by molar-refractivity contribution is 9.10. The summed E-state index contributed by atoms with van der Waals surface area (Å²) in [7, 11) is -1.05. The first kappa shape index (κ1) is 17.4. The monoisotopic (exact) mass is 389 g/mol. The van der Waals surface area contributed by atoms with Gasteiger partial charge < -0.3 is 10.2 Å². The lowest BCUT2D eigenvalue weighted by atomic mass is 10.0. The standard InChI is InChI=1S/C15H21BrN2O3S/c1-15(7-8-22(20,21)11-15)17-14(19)10-18(2)9-12-3-5-13(16)6-4-12/h3-6H,7-11H2,1-2H3,(H,17,19)/p+1/t15-/m1/s1. The van der Waals surface area contributed by atoms with Crippen LogP contribution in [0, 0.1) is 0 Å². The molecule has 1 fully saturated rings. The van der Waals surface area contributed by atoms with Gasteiger partial charge in [-0.2, -0.15) is 0 Å². The number of halogens is 1. The second kappa shape index (κ2) is 6.68. The molecular formula is C15H22BrN2O3S+. The summed E-state index contributed by atoms with van der Waals surface area (Å²) in [5.41, 5.74) is 0.538. The Morgan fingerprint density at radius 3 is 2.55 bits per heavy atom. The van der Waals surface area contributed by atoms with Crippen molar-refractivity contribution in [1.82, 2.24) is 5.32 Å². The number of likely N-dealkylation sites (N-methyl/N-ethyl adjacent to an activating group) is 1. The zero-order chi connectivity index (χ0) is 16.4. The van der Waals surface area contributed by atoms with Crippen LogP contribution in [0.5, 0.6) is 0 Å². The number of nitrogens with one attached hydrogen (secondary N) is 2. The van der Waals surface area contributed by atoms with Crippen molar-refractivity contribution in [3.63, 3.8) is 0 Å². The summed E-state index contributed by atoms with van der Waals surface area (Å²) in [4.78, 5) is 13.2. The van der Waals surface area contributed by atoms with E-state index in [4.69, 9.17) is 0 Å². The van der Waals surface area contributed by atoms with Gasteiger partial charge in [0.2, 0.25) is 0 Å². The second-order valence-electron chi connectivity index (χ2n) is 6.39. The van der Waals surface area contributed by atoms with E-state index in [0.29, 0.717) is 13.0 Å². The highest BCUT2D eigenvalue weighted by Crippen LogP contribution is 2.22. The summed E-state index contributed by atoms with van der Waals surface area (Å²) in [5, 5.41) is 2.89. The molecule has 1 aliphatic heterocycles. The average Bonchev–Trinajstić information content (AvgIpc) is 2.65. The van der Waals surface area contributed by atoms with Crippen molar-refractivity contribution in [2.45, 2.75) is 25.4 Å². The van der Waals surface area contributed by atoms with Gasteiger partial charge in [0.05, 0.1) is 24.1 Å². The van der Waals surface area contributed by atoms with E-state index in [1.165, 1.54) is 0 Å². The van der Waals surface area contributed by atoms with Crippen molar-refractivity contribution < 1.29 is 18.1 Å². The van der Waals surface area contributed by atoms with E-state index in [1.807, 2.05) is 31.3 Å². The fraction of sp³-hybridized carbons (Fsp3) is 0.533. The Balaban J connectivity index is 1.85. The van der Waals surface area contributed by atoms with E-state index in [0.717, 1.165) is 21.5 Å². The normalized spacial score (nSPS) is 24.9. The van der Waals surface area contributed by atoms with Crippen molar-refractivity contribution in [3.8, 4) is 0 Å². The lowest BCUT2D eigenvalue weighted by molar-refractivity contribution is -0.885. The zero-order valence-electron chi connectivity index (χ0n) is 12.9. The topological polar surface area (TPSA) is 67.7 Å². The number of hydrogen-bond acceptors (Lipinski definition) is 3. The number of hydrogen-bond donors (Lipinski definition) is 2. The summed E-state index contributed by atoms with van der Waals surface area (Å²) >= 11 is 3.40. The first-order valence-corrected chi connectivity index (χ1v) is 9.86. The quantitative estimate of drug-likeness (QED) is 0.753. The number of quaternary nitrogens is 1. The molecular weight excluding hydrogens is 368 g/mol. The highest BCUT2D eigenvalue weighted by atomic mass is 79.9. The maximum Gasteiger partial charge on any atom is 0.275 e. The Bertz CT molecular complexity index is 645. The van der Waals surface area contributed by atoms with Crippen LogP contribution in [0.4, 0.5) is 0 Å². The van der Waals surface area contributed by atoms with Gasteiger partial charge >= 0.3 is 0 Å². The van der Waals surface area contributed by atoms with Gasteiger partial charge in [-0.25, -0.2) is 8.42 Å². The van der Waals surface area contributed by atoms with Crippen LogP contribution in [0.25, 0.3) is 0 Å². The average molecular weight is 390 g/mol. The van der Waals surface area contributed by atoms with E-state index in [2.05, 4.69) is 21.2 Å². The van der Waals surface area contributed by atoms with E-state index >= 15 is 0 Å². The predicted octanol–water partition coefficient (Wildman–Crippen LogP) is 0.157. The van der Waals surface area contributed by atoms with Crippen molar-refractivity contribution in [3.05, 3.63) is 34.3 Å². The first-order chi connectivity index (χ1) is 10.2. The molecule has 22 heavy (non-hydrogen) atoms. The molecule has 5 nitrogen and oxygen atoms in total. The van der Waals surface area contributed by atoms with Crippen LogP contribution in [0.2, 0.25) is 0 Å². The number of benzene rings is 1. The minimum absolute atomic E-state index is 0.0392. The van der Waals surface area contributed by atoms with Gasteiger partial charge in [-0.3, -0.25) is 4.79 Å². The summed E-state index contributed by atoms with van der Waals surface area (Å²) in [6, 6.07) is 8.01. The fourth-order valence-corrected chi connectivity index (χ4v) is 5.13. The lowest BCUT2D eigenvalue weighted by Crippen LogP contribution is -3.09. The maximum absolute atomic E-state index is 12.1. The van der Waals surface area contributed by atoms with E-state index < -0.39 is 15.4 Å². The van der Waals surface area contributed by atoms with Gasteiger partial charge in [-0.1, -0.05) is 28.1 Å². The van der Waals surface area contributed by atoms with Crippen LogP contribution in [-0.4, -0.2) is 45.0 Å². The van der Waals surface area contributed by atoms with Crippen LogP contribution in [0.3, 0.4) is 0 Å². The van der Waals surface area contributed by atoms with Crippen LogP contribution in [-0.2, 0) is 21.2 Å². The van der Waals surface area contributed by atoms with Crippen molar-refractivity contribution >= 4 is 31.7 Å². The van der Waals surface area contributed by atoms with E-state index in [-0.39, 0.29) is 17.4 Å².